The molecular weight excluding hydrogens is 572 g/mol. The molecule has 0 aromatic carbocycles. The molecule has 0 aliphatic carbocycles. The van der Waals surface area contributed by atoms with Crippen molar-refractivity contribution in [1.82, 2.24) is 15.2 Å². The van der Waals surface area contributed by atoms with Crippen LogP contribution in [-0.2, 0) is 33.4 Å². The average molecular weight is 609 g/mol. The van der Waals surface area contributed by atoms with E-state index in [9.17, 15) is 24.0 Å². The maximum absolute atomic E-state index is 13.3. The third-order valence-corrected chi connectivity index (χ3v) is 7.55. The Balaban J connectivity index is 1.64. The first-order valence-corrected chi connectivity index (χ1v) is 15.0. The molecule has 0 spiro atoms. The van der Waals surface area contributed by atoms with Gasteiger partial charge in [0.1, 0.15) is 22.7 Å². The predicted molar refractivity (Wildman–Crippen MR) is 154 cm³/mol. The maximum Gasteiger partial charge on any atom is 0.413 e. The summed E-state index contributed by atoms with van der Waals surface area (Å²) in [6.07, 6.45) is 4.01. The molecule has 2 atom stereocenters. The number of β-lactam (4-membered cyclic amide) rings is 1. The second-order valence-corrected chi connectivity index (χ2v) is 13.3. The Hall–Kier alpha value is -3.39. The summed E-state index contributed by atoms with van der Waals surface area (Å²) < 4.78 is 15.3. The molecule has 1 aromatic heterocycles. The number of allylic oxidation sites excluding steroid dienone is 1. The topological polar surface area (TPSA) is 153 Å². The number of anilines is 1. The van der Waals surface area contributed by atoms with Gasteiger partial charge in [-0.25, -0.2) is 14.6 Å². The van der Waals surface area contributed by atoms with Crippen LogP contribution < -0.4 is 10.6 Å². The van der Waals surface area contributed by atoms with Crippen LogP contribution in [0.5, 0.6) is 0 Å². The zero-order chi connectivity index (χ0) is 30.5. The first-order chi connectivity index (χ1) is 19.1. The van der Waals surface area contributed by atoms with Gasteiger partial charge in [0.05, 0.1) is 16.7 Å². The van der Waals surface area contributed by atoms with E-state index in [1.54, 1.807) is 59.1 Å². The molecule has 2 unspecified atom stereocenters. The van der Waals surface area contributed by atoms with Gasteiger partial charge >= 0.3 is 18.0 Å². The van der Waals surface area contributed by atoms with Crippen LogP contribution in [-0.4, -0.2) is 69.3 Å². The molecule has 2 aliphatic rings. The molecule has 3 amide bonds. The van der Waals surface area contributed by atoms with Crippen molar-refractivity contribution in [3.05, 3.63) is 28.9 Å². The predicted octanol–water partition coefficient (Wildman–Crippen LogP) is 4.05. The number of nitrogens with one attached hydrogen (secondary N) is 2. The number of esters is 2. The van der Waals surface area contributed by atoms with Crippen molar-refractivity contribution < 1.29 is 38.2 Å². The highest BCUT2D eigenvalue weighted by atomic mass is 32.2. The first-order valence-electron chi connectivity index (χ1n) is 13.1. The molecule has 3 rings (SSSR count). The molecule has 41 heavy (non-hydrogen) atoms. The number of aromatic nitrogens is 1. The number of rotatable bonds is 9. The van der Waals surface area contributed by atoms with E-state index in [2.05, 4.69) is 15.6 Å². The molecule has 1 fully saturated rings. The van der Waals surface area contributed by atoms with E-state index in [0.29, 0.717) is 17.9 Å². The standard InChI is InChI=1S/C27H36N4O8S2/c1-8-9-10-15(16-13-41-24(28-16)30-25(36)39-27(5,6)7)19(32)29-18-20(33)31-17(11-12-40-21(18)31)22(34)37-14-38-23(35)26(2,3)4/h10-11,13,18,21H,8-9,12,14H2,1-7H3,(H,29,32)(H,28,30,36)/b15-10-. The lowest BCUT2D eigenvalue weighted by Crippen LogP contribution is -2.70. The number of carbonyl (C=O) groups is 5. The Morgan fingerprint density at radius 2 is 1.85 bits per heavy atom. The van der Waals surface area contributed by atoms with Crippen LogP contribution >= 0.6 is 23.1 Å². The van der Waals surface area contributed by atoms with Crippen molar-refractivity contribution in [2.75, 3.05) is 17.9 Å². The average Bonchev–Trinajstić information content (AvgIpc) is 3.32. The summed E-state index contributed by atoms with van der Waals surface area (Å²) in [6.45, 7) is 11.6. The number of hydrogen-bond acceptors (Lipinski definition) is 11. The van der Waals surface area contributed by atoms with E-state index >= 15 is 0 Å². The van der Waals surface area contributed by atoms with Crippen molar-refractivity contribution >= 4 is 63.6 Å². The lowest BCUT2D eigenvalue weighted by atomic mass is 9.98. The minimum absolute atomic E-state index is 0.0372. The minimum Gasteiger partial charge on any atom is -0.444 e. The molecule has 12 nitrogen and oxygen atoms in total. The third-order valence-electron chi connectivity index (χ3n) is 5.60. The summed E-state index contributed by atoms with van der Waals surface area (Å²) in [5, 5.41) is 6.73. The molecule has 14 heteroatoms. The number of carbonyl (C=O) groups excluding carboxylic acids is 5. The Kier molecular flexibility index (Phi) is 10.2. The van der Waals surface area contributed by atoms with Crippen LogP contribution in [0.3, 0.4) is 0 Å². The largest absolute Gasteiger partial charge is 0.444 e. The number of amides is 3. The Morgan fingerprint density at radius 1 is 1.15 bits per heavy atom. The van der Waals surface area contributed by atoms with Gasteiger partial charge in [0.2, 0.25) is 6.79 Å². The normalized spacial score (nSPS) is 18.9. The van der Waals surface area contributed by atoms with Gasteiger partial charge in [-0.2, -0.15) is 0 Å². The Morgan fingerprint density at radius 3 is 2.49 bits per heavy atom. The number of fused-ring (bicyclic) bond motifs is 1. The maximum atomic E-state index is 13.3. The number of hydrogen-bond donors (Lipinski definition) is 2. The zero-order valence-corrected chi connectivity index (χ0v) is 25.8. The number of thiazole rings is 1. The van der Waals surface area contributed by atoms with Crippen molar-refractivity contribution in [2.45, 2.75) is 78.3 Å². The lowest BCUT2D eigenvalue weighted by molar-refractivity contribution is -0.173. The fourth-order valence-electron chi connectivity index (χ4n) is 3.62. The van der Waals surface area contributed by atoms with Gasteiger partial charge in [-0.3, -0.25) is 24.6 Å². The summed E-state index contributed by atoms with van der Waals surface area (Å²) in [4.78, 5) is 68.7. The van der Waals surface area contributed by atoms with Gasteiger partial charge < -0.3 is 19.5 Å². The molecule has 2 N–H and O–H groups in total. The van der Waals surface area contributed by atoms with Crippen LogP contribution in [0.15, 0.2) is 23.2 Å². The second kappa shape index (κ2) is 13.1. The fraction of sp³-hybridized carbons (Fsp3) is 0.556. The van der Waals surface area contributed by atoms with Gasteiger partial charge in [-0.05, 0) is 54.0 Å². The molecular formula is C27H36N4O8S2. The smallest absolute Gasteiger partial charge is 0.413 e. The molecule has 1 saturated heterocycles. The van der Waals surface area contributed by atoms with E-state index in [4.69, 9.17) is 14.2 Å². The monoisotopic (exact) mass is 608 g/mol. The SMILES string of the molecule is CCC/C=C(\C(=O)NC1C(=O)N2C(C(=O)OCOC(=O)C(C)(C)C)=CCSC12)c1csc(NC(=O)OC(C)(C)C)n1. The molecule has 0 saturated carbocycles. The highest BCUT2D eigenvalue weighted by molar-refractivity contribution is 8.00. The quantitative estimate of drug-likeness (QED) is 0.182. The van der Waals surface area contributed by atoms with Gasteiger partial charge in [0.25, 0.3) is 11.8 Å². The van der Waals surface area contributed by atoms with Crippen molar-refractivity contribution in [3.63, 3.8) is 0 Å². The van der Waals surface area contributed by atoms with Crippen molar-refractivity contribution in [3.8, 4) is 0 Å². The molecule has 224 valence electrons. The molecule has 3 heterocycles. The highest BCUT2D eigenvalue weighted by Gasteiger charge is 2.53. The van der Waals surface area contributed by atoms with Gasteiger partial charge in [0.15, 0.2) is 5.13 Å². The second-order valence-electron chi connectivity index (χ2n) is 11.3. The summed E-state index contributed by atoms with van der Waals surface area (Å²) >= 11 is 2.53. The molecule has 2 aliphatic heterocycles. The summed E-state index contributed by atoms with van der Waals surface area (Å²) in [5.41, 5.74) is -0.781. The zero-order valence-electron chi connectivity index (χ0n) is 24.2. The Bertz CT molecular complexity index is 1260. The van der Waals surface area contributed by atoms with Crippen LogP contribution in [0.25, 0.3) is 5.57 Å². The van der Waals surface area contributed by atoms with Crippen LogP contribution in [0.1, 0.15) is 67.0 Å². The van der Waals surface area contributed by atoms with Crippen molar-refractivity contribution in [1.29, 1.82) is 0 Å². The van der Waals surface area contributed by atoms with E-state index in [1.807, 2.05) is 6.92 Å². The highest BCUT2D eigenvalue weighted by Crippen LogP contribution is 2.38. The fourth-order valence-corrected chi connectivity index (χ4v) is 5.51. The first kappa shape index (κ1) is 32.1. The van der Waals surface area contributed by atoms with E-state index in [1.165, 1.54) is 16.7 Å². The molecule has 0 radical (unpaired) electrons. The number of ether oxygens (including phenoxy) is 3. The van der Waals surface area contributed by atoms with E-state index in [-0.39, 0.29) is 16.4 Å². The van der Waals surface area contributed by atoms with Crippen LogP contribution in [0.2, 0.25) is 0 Å². The van der Waals surface area contributed by atoms with Crippen molar-refractivity contribution in [2.24, 2.45) is 5.41 Å². The van der Waals surface area contributed by atoms with Gasteiger partial charge in [0, 0.05) is 11.1 Å². The minimum atomic E-state index is -0.870. The van der Waals surface area contributed by atoms with Crippen LogP contribution in [0, 0.1) is 5.41 Å². The number of nitrogens with zero attached hydrogens (tertiary/aromatic N) is 2. The summed E-state index contributed by atoms with van der Waals surface area (Å²) in [6, 6.07) is -0.870. The third kappa shape index (κ3) is 8.32. The number of unbranched alkanes of at least 4 members (excludes halogenated alkanes) is 1. The van der Waals surface area contributed by atoms with E-state index < -0.39 is 59.1 Å². The summed E-state index contributed by atoms with van der Waals surface area (Å²) in [5.74, 6) is -1.88. The van der Waals surface area contributed by atoms with Gasteiger partial charge in [-0.1, -0.05) is 19.4 Å². The molecule has 1 aromatic rings. The lowest BCUT2D eigenvalue weighted by Gasteiger charge is -2.48. The summed E-state index contributed by atoms with van der Waals surface area (Å²) in [7, 11) is 0. The Labute approximate surface area is 247 Å². The van der Waals surface area contributed by atoms with E-state index in [0.717, 1.165) is 17.8 Å². The number of thioether (sulfide) groups is 1. The van der Waals surface area contributed by atoms with Crippen LogP contribution in [0.4, 0.5) is 9.93 Å². The van der Waals surface area contributed by atoms with Gasteiger partial charge in [-0.15, -0.1) is 23.1 Å². The molecule has 0 bridgehead atoms.